The zero-order valence-electron chi connectivity index (χ0n) is 21.8. The number of aliphatic hydroxyl groups is 8. The van der Waals surface area contributed by atoms with Crippen molar-refractivity contribution in [3.63, 3.8) is 0 Å². The minimum absolute atomic E-state index is 0.0420. The molecule has 3 heterocycles. The Bertz CT molecular complexity index is 1280. The van der Waals surface area contributed by atoms with Crippen LogP contribution in [0.2, 0.25) is 0 Å². The summed E-state index contributed by atoms with van der Waals surface area (Å²) in [5, 5.41) is 100. The molecule has 15 heteroatoms. The van der Waals surface area contributed by atoms with Gasteiger partial charge in [0.1, 0.15) is 72.2 Å². The van der Waals surface area contributed by atoms with E-state index in [2.05, 4.69) is 0 Å². The molecular weight excluding hydrogens is 564 g/mol. The molecule has 10 N–H and O–H groups in total. The number of hydrogen-bond acceptors (Lipinski definition) is 15. The summed E-state index contributed by atoms with van der Waals surface area (Å²) in [7, 11) is 0. The molecule has 0 radical (unpaired) electrons. The highest BCUT2D eigenvalue weighted by Gasteiger charge is 2.46. The van der Waals surface area contributed by atoms with Crippen LogP contribution in [0.3, 0.4) is 0 Å². The van der Waals surface area contributed by atoms with Gasteiger partial charge in [-0.3, -0.25) is 0 Å². The number of benzene rings is 2. The van der Waals surface area contributed by atoms with Crippen LogP contribution < -0.4 is 14.2 Å². The maximum absolute atomic E-state index is 10.5. The molecule has 0 saturated carbocycles. The average Bonchev–Trinajstić information content (AvgIpc) is 2.98. The van der Waals surface area contributed by atoms with E-state index in [1.165, 1.54) is 30.3 Å². The van der Waals surface area contributed by atoms with Gasteiger partial charge in [-0.05, 0) is 24.3 Å². The minimum Gasteiger partial charge on any atom is -0.504 e. The molecule has 2 saturated heterocycles. The van der Waals surface area contributed by atoms with Gasteiger partial charge in [-0.1, -0.05) is 6.07 Å². The number of ether oxygens (including phenoxy) is 5. The molecule has 0 spiro atoms. The smallest absolute Gasteiger partial charge is 0.229 e. The predicted octanol–water partition coefficient (Wildman–Crippen LogP) is -2.40. The van der Waals surface area contributed by atoms with Gasteiger partial charge in [0, 0.05) is 17.7 Å². The normalized spacial score (nSPS) is 36.1. The second-order valence-electron chi connectivity index (χ2n) is 10.1. The average molecular weight is 597 g/mol. The SMILES string of the molecule is OC[C@H]1O[C@@H](Oc2cc3c(c(O[C@@H]4O[C@H](CO)[C@@H](O)[C@H](O)[C@H]4O)c2)C=CC(c2ccc(O)c(O)c2)O3)[C@H](O)[C@@H](O)[C@@H]1O. The molecule has 11 atom stereocenters. The molecule has 230 valence electrons. The van der Waals surface area contributed by atoms with Crippen molar-refractivity contribution in [2.24, 2.45) is 0 Å². The van der Waals surface area contributed by atoms with Gasteiger partial charge in [0.2, 0.25) is 12.6 Å². The van der Waals surface area contributed by atoms with Crippen LogP contribution in [0.5, 0.6) is 28.7 Å². The zero-order chi connectivity index (χ0) is 30.3. The van der Waals surface area contributed by atoms with E-state index >= 15 is 0 Å². The van der Waals surface area contributed by atoms with E-state index in [4.69, 9.17) is 23.7 Å². The highest BCUT2D eigenvalue weighted by Crippen LogP contribution is 2.43. The fraction of sp³-hybridized carbons (Fsp3) is 0.481. The summed E-state index contributed by atoms with van der Waals surface area (Å²) >= 11 is 0. The molecule has 2 fully saturated rings. The Morgan fingerprint density at radius 1 is 0.667 bits per heavy atom. The lowest BCUT2D eigenvalue weighted by atomic mass is 9.99. The summed E-state index contributed by atoms with van der Waals surface area (Å²) in [5.74, 6) is -0.692. The summed E-state index contributed by atoms with van der Waals surface area (Å²) < 4.78 is 28.6. The molecular formula is C27H32O15. The number of phenols is 2. The Kier molecular flexibility index (Phi) is 8.77. The Labute approximate surface area is 238 Å². The molecule has 0 aliphatic carbocycles. The second-order valence-corrected chi connectivity index (χ2v) is 10.1. The third kappa shape index (κ3) is 5.71. The van der Waals surface area contributed by atoms with Gasteiger partial charge in [-0.15, -0.1) is 0 Å². The van der Waals surface area contributed by atoms with Gasteiger partial charge < -0.3 is 74.7 Å². The lowest BCUT2D eigenvalue weighted by Gasteiger charge is -2.40. The van der Waals surface area contributed by atoms with Gasteiger partial charge >= 0.3 is 0 Å². The first kappa shape index (κ1) is 30.2. The Hall–Kier alpha value is -3.22. The lowest BCUT2D eigenvalue weighted by molar-refractivity contribution is -0.278. The number of rotatable bonds is 7. The van der Waals surface area contributed by atoms with Crippen molar-refractivity contribution in [1.82, 2.24) is 0 Å². The maximum atomic E-state index is 10.5. The van der Waals surface area contributed by atoms with Crippen molar-refractivity contribution in [3.05, 3.63) is 47.5 Å². The second kappa shape index (κ2) is 12.2. The number of phenolic OH excluding ortho intramolecular Hbond substituents is 2. The first-order valence-electron chi connectivity index (χ1n) is 13.0. The highest BCUT2D eigenvalue weighted by atomic mass is 16.7. The quantitative estimate of drug-likeness (QED) is 0.150. The molecule has 3 aliphatic rings. The van der Waals surface area contributed by atoms with E-state index in [9.17, 15) is 51.1 Å². The van der Waals surface area contributed by atoms with Gasteiger partial charge in [-0.25, -0.2) is 0 Å². The van der Waals surface area contributed by atoms with Crippen LogP contribution >= 0.6 is 0 Å². The summed E-state index contributed by atoms with van der Waals surface area (Å²) in [6.45, 7) is -1.37. The molecule has 0 amide bonds. The van der Waals surface area contributed by atoms with Gasteiger partial charge in [0.05, 0.1) is 18.8 Å². The molecule has 2 aromatic carbocycles. The van der Waals surface area contributed by atoms with E-state index < -0.39 is 80.7 Å². The van der Waals surface area contributed by atoms with E-state index in [0.717, 1.165) is 0 Å². The van der Waals surface area contributed by atoms with E-state index in [1.54, 1.807) is 12.2 Å². The first-order chi connectivity index (χ1) is 20.0. The molecule has 0 aromatic heterocycles. The third-order valence-electron chi connectivity index (χ3n) is 7.29. The maximum Gasteiger partial charge on any atom is 0.229 e. The largest absolute Gasteiger partial charge is 0.504 e. The van der Waals surface area contributed by atoms with E-state index in [1.807, 2.05) is 0 Å². The van der Waals surface area contributed by atoms with Crippen LogP contribution in [0.15, 0.2) is 36.4 Å². The molecule has 5 rings (SSSR count). The molecule has 42 heavy (non-hydrogen) atoms. The molecule has 3 aliphatic heterocycles. The Morgan fingerprint density at radius 2 is 1.26 bits per heavy atom. The molecule has 0 bridgehead atoms. The highest BCUT2D eigenvalue weighted by molar-refractivity contribution is 5.69. The molecule has 2 aromatic rings. The minimum atomic E-state index is -1.74. The number of hydrogen-bond donors (Lipinski definition) is 10. The number of aliphatic hydroxyl groups excluding tert-OH is 8. The summed E-state index contributed by atoms with van der Waals surface area (Å²) in [4.78, 5) is 0. The fourth-order valence-electron chi connectivity index (χ4n) is 4.85. The van der Waals surface area contributed by atoms with Crippen LogP contribution in [0.25, 0.3) is 6.08 Å². The van der Waals surface area contributed by atoms with Gasteiger partial charge in [0.15, 0.2) is 11.5 Å². The van der Waals surface area contributed by atoms with E-state index in [0.29, 0.717) is 11.1 Å². The first-order valence-corrected chi connectivity index (χ1v) is 13.0. The number of aromatic hydroxyl groups is 2. The standard InChI is InChI=1S/C27H32O15/c28-8-18-20(32)22(34)24(36)26(41-18)38-11-6-16-12(2-4-15(39-16)10-1-3-13(30)14(31)5-10)17(7-11)40-27-25(37)23(35)21(33)19(9-29)42-27/h1-7,15,18-37H,8-9H2/t15?,18-,19-,20-,21-,22+,23+,24-,25-,26-,27-/m1/s1. The Morgan fingerprint density at radius 3 is 1.83 bits per heavy atom. The molecule has 15 nitrogen and oxygen atoms in total. The summed E-state index contributed by atoms with van der Waals surface area (Å²) in [6.07, 6.45) is -13.4. The van der Waals surface area contributed by atoms with E-state index in [-0.39, 0.29) is 28.7 Å². The molecule has 1 unspecified atom stereocenters. The lowest BCUT2D eigenvalue weighted by Crippen LogP contribution is -2.60. The van der Waals surface area contributed by atoms with Crippen molar-refractivity contribution in [2.75, 3.05) is 13.2 Å². The van der Waals surface area contributed by atoms with Gasteiger partial charge in [0.25, 0.3) is 0 Å². The van der Waals surface area contributed by atoms with Crippen LogP contribution in [0, 0.1) is 0 Å². The van der Waals surface area contributed by atoms with Gasteiger partial charge in [-0.2, -0.15) is 0 Å². The van der Waals surface area contributed by atoms with Crippen LogP contribution in [-0.2, 0) is 9.47 Å². The topological polar surface area (TPSA) is 248 Å². The monoisotopic (exact) mass is 596 g/mol. The predicted molar refractivity (Wildman–Crippen MR) is 137 cm³/mol. The zero-order valence-corrected chi connectivity index (χ0v) is 21.8. The van der Waals surface area contributed by atoms with Crippen molar-refractivity contribution in [1.29, 1.82) is 0 Å². The summed E-state index contributed by atoms with van der Waals surface area (Å²) in [5.41, 5.74) is 0.760. The van der Waals surface area contributed by atoms with Crippen molar-refractivity contribution in [3.8, 4) is 28.7 Å². The van der Waals surface area contributed by atoms with Crippen molar-refractivity contribution < 1.29 is 74.7 Å². The van der Waals surface area contributed by atoms with Crippen molar-refractivity contribution in [2.45, 2.75) is 67.5 Å². The third-order valence-corrected chi connectivity index (χ3v) is 7.29. The van der Waals surface area contributed by atoms with Crippen LogP contribution in [0.4, 0.5) is 0 Å². The van der Waals surface area contributed by atoms with Crippen LogP contribution in [0.1, 0.15) is 17.2 Å². The van der Waals surface area contributed by atoms with Crippen molar-refractivity contribution >= 4 is 6.08 Å². The fourth-order valence-corrected chi connectivity index (χ4v) is 4.85. The Balaban J connectivity index is 1.49. The number of fused-ring (bicyclic) bond motifs is 1. The van der Waals surface area contributed by atoms with Crippen LogP contribution in [-0.4, -0.2) is 126 Å². The summed E-state index contributed by atoms with van der Waals surface area (Å²) in [6, 6.07) is 6.78.